The van der Waals surface area contributed by atoms with Gasteiger partial charge in [0.05, 0.1) is 4.90 Å². The average molecular weight is 223 g/mol. The van der Waals surface area contributed by atoms with Gasteiger partial charge in [0.15, 0.2) is 9.84 Å². The highest BCUT2D eigenvalue weighted by Gasteiger charge is 2.12. The van der Waals surface area contributed by atoms with Crippen LogP contribution in [0.3, 0.4) is 0 Å². The molecule has 1 aromatic rings. The first kappa shape index (κ1) is 11.6. The summed E-state index contributed by atoms with van der Waals surface area (Å²) in [5.41, 5.74) is 0.953. The van der Waals surface area contributed by atoms with E-state index >= 15 is 0 Å². The zero-order chi connectivity index (χ0) is 11.5. The van der Waals surface area contributed by atoms with Crippen LogP contribution < -0.4 is 4.90 Å². The van der Waals surface area contributed by atoms with Crippen molar-refractivity contribution in [3.8, 4) is 12.3 Å². The molecule has 0 atom stereocenters. The van der Waals surface area contributed by atoms with Crippen LogP contribution in [0.1, 0.15) is 0 Å². The van der Waals surface area contributed by atoms with Crippen LogP contribution in [-0.4, -0.2) is 28.3 Å². The third kappa shape index (κ3) is 2.74. The molecule has 0 aromatic heterocycles. The fraction of sp³-hybridized carbons (Fsp3) is 0.273. The van der Waals surface area contributed by atoms with Gasteiger partial charge in [-0.25, -0.2) is 8.42 Å². The SMILES string of the molecule is C#CCS(=O)(=O)c1ccc(N(C)C)cc1. The molecule has 0 bridgehead atoms. The first-order valence-electron chi connectivity index (χ1n) is 4.41. The van der Waals surface area contributed by atoms with E-state index < -0.39 is 9.84 Å². The molecule has 1 rings (SSSR count). The van der Waals surface area contributed by atoms with E-state index in [4.69, 9.17) is 6.42 Å². The van der Waals surface area contributed by atoms with Crippen LogP contribution in [0.5, 0.6) is 0 Å². The van der Waals surface area contributed by atoms with E-state index in [0.29, 0.717) is 0 Å². The molecule has 4 heteroatoms. The second kappa shape index (κ2) is 4.37. The van der Waals surface area contributed by atoms with Crippen LogP contribution in [0.4, 0.5) is 5.69 Å². The van der Waals surface area contributed by atoms with E-state index in [-0.39, 0.29) is 10.6 Å². The lowest BCUT2D eigenvalue weighted by molar-refractivity contribution is 0.599. The number of anilines is 1. The molecule has 0 aliphatic carbocycles. The summed E-state index contributed by atoms with van der Waals surface area (Å²) >= 11 is 0. The van der Waals surface area contributed by atoms with Crippen LogP contribution in [0.25, 0.3) is 0 Å². The molecule has 0 unspecified atom stereocenters. The molecular formula is C11H13NO2S. The minimum absolute atomic E-state index is 0.256. The minimum atomic E-state index is -3.31. The maximum Gasteiger partial charge on any atom is 0.189 e. The summed E-state index contributed by atoms with van der Waals surface area (Å²) in [6, 6.07) is 6.65. The quantitative estimate of drug-likeness (QED) is 0.722. The van der Waals surface area contributed by atoms with E-state index in [0.717, 1.165) is 5.69 Å². The molecule has 80 valence electrons. The Morgan fingerprint density at radius 2 is 1.80 bits per heavy atom. The van der Waals surface area contributed by atoms with Gasteiger partial charge in [-0.05, 0) is 24.3 Å². The lowest BCUT2D eigenvalue weighted by Crippen LogP contribution is -2.09. The van der Waals surface area contributed by atoms with Gasteiger partial charge in [-0.3, -0.25) is 0 Å². The summed E-state index contributed by atoms with van der Waals surface area (Å²) in [6.45, 7) is 0. The molecular weight excluding hydrogens is 210 g/mol. The molecule has 3 nitrogen and oxygen atoms in total. The number of benzene rings is 1. The molecule has 0 N–H and O–H groups in total. The number of sulfone groups is 1. The fourth-order valence-corrected chi connectivity index (χ4v) is 2.08. The van der Waals surface area contributed by atoms with E-state index in [9.17, 15) is 8.42 Å². The maximum atomic E-state index is 11.6. The van der Waals surface area contributed by atoms with Gasteiger partial charge in [0, 0.05) is 19.8 Å². The minimum Gasteiger partial charge on any atom is -0.378 e. The van der Waals surface area contributed by atoms with Crippen molar-refractivity contribution in [2.24, 2.45) is 0 Å². The zero-order valence-electron chi connectivity index (χ0n) is 8.77. The normalized spacial score (nSPS) is 10.7. The number of nitrogens with zero attached hydrogens (tertiary/aromatic N) is 1. The molecule has 1 aromatic carbocycles. The molecule has 15 heavy (non-hydrogen) atoms. The van der Waals surface area contributed by atoms with E-state index in [1.54, 1.807) is 24.3 Å². The molecule has 0 radical (unpaired) electrons. The summed E-state index contributed by atoms with van der Waals surface area (Å²) < 4.78 is 23.1. The number of hydrogen-bond acceptors (Lipinski definition) is 3. The number of rotatable bonds is 3. The van der Waals surface area contributed by atoms with Crippen LogP contribution in [0, 0.1) is 12.3 Å². The molecule has 0 heterocycles. The van der Waals surface area contributed by atoms with E-state index in [1.807, 2.05) is 19.0 Å². The number of terminal acetylenes is 1. The smallest absolute Gasteiger partial charge is 0.189 e. The van der Waals surface area contributed by atoms with Crippen molar-refractivity contribution >= 4 is 15.5 Å². The van der Waals surface area contributed by atoms with Gasteiger partial charge < -0.3 is 4.90 Å². The van der Waals surface area contributed by atoms with Crippen molar-refractivity contribution in [1.82, 2.24) is 0 Å². The van der Waals surface area contributed by atoms with Gasteiger partial charge in [-0.1, -0.05) is 5.92 Å². The van der Waals surface area contributed by atoms with Crippen molar-refractivity contribution in [2.75, 3.05) is 24.7 Å². The first-order chi connectivity index (χ1) is 6.97. The Kier molecular flexibility index (Phi) is 3.38. The van der Waals surface area contributed by atoms with E-state index in [2.05, 4.69) is 5.92 Å². The molecule has 0 saturated carbocycles. The first-order valence-corrected chi connectivity index (χ1v) is 6.06. The molecule has 0 fully saturated rings. The van der Waals surface area contributed by atoms with Crippen LogP contribution in [0.2, 0.25) is 0 Å². The van der Waals surface area contributed by atoms with Crippen molar-refractivity contribution in [3.05, 3.63) is 24.3 Å². The summed E-state index contributed by atoms with van der Waals surface area (Å²) in [5.74, 6) is 1.89. The third-order valence-electron chi connectivity index (χ3n) is 1.99. The van der Waals surface area contributed by atoms with Gasteiger partial charge in [-0.15, -0.1) is 6.42 Å². The largest absolute Gasteiger partial charge is 0.378 e. The highest BCUT2D eigenvalue weighted by Crippen LogP contribution is 2.16. The summed E-state index contributed by atoms with van der Waals surface area (Å²) in [5, 5.41) is 0. The Morgan fingerprint density at radius 3 is 2.20 bits per heavy atom. The second-order valence-corrected chi connectivity index (χ2v) is 5.34. The van der Waals surface area contributed by atoms with Crippen molar-refractivity contribution in [1.29, 1.82) is 0 Å². The molecule has 0 amide bonds. The van der Waals surface area contributed by atoms with Gasteiger partial charge in [0.2, 0.25) is 0 Å². The Hall–Kier alpha value is -1.47. The number of hydrogen-bond donors (Lipinski definition) is 0. The average Bonchev–Trinajstić information content (AvgIpc) is 2.18. The molecule has 0 aliphatic rings. The Morgan fingerprint density at radius 1 is 1.27 bits per heavy atom. The molecule has 0 aliphatic heterocycles. The van der Waals surface area contributed by atoms with Gasteiger partial charge >= 0.3 is 0 Å². The van der Waals surface area contributed by atoms with Crippen molar-refractivity contribution in [2.45, 2.75) is 4.90 Å². The highest BCUT2D eigenvalue weighted by atomic mass is 32.2. The lowest BCUT2D eigenvalue weighted by Gasteiger charge is -2.12. The van der Waals surface area contributed by atoms with Crippen LogP contribution in [-0.2, 0) is 9.84 Å². The third-order valence-corrected chi connectivity index (χ3v) is 3.52. The second-order valence-electron chi connectivity index (χ2n) is 3.35. The standard InChI is InChI=1S/C11H13NO2S/c1-4-9-15(13,14)11-7-5-10(6-8-11)12(2)3/h1,5-8H,9H2,2-3H3. The van der Waals surface area contributed by atoms with Gasteiger partial charge in [-0.2, -0.15) is 0 Å². The predicted molar refractivity (Wildman–Crippen MR) is 61.7 cm³/mol. The highest BCUT2D eigenvalue weighted by molar-refractivity contribution is 7.91. The van der Waals surface area contributed by atoms with Gasteiger partial charge in [0.25, 0.3) is 0 Å². The van der Waals surface area contributed by atoms with Gasteiger partial charge in [0.1, 0.15) is 5.75 Å². The summed E-state index contributed by atoms with van der Waals surface area (Å²) in [6.07, 6.45) is 4.99. The van der Waals surface area contributed by atoms with E-state index in [1.165, 1.54) is 0 Å². The monoisotopic (exact) mass is 223 g/mol. The van der Waals surface area contributed by atoms with Crippen LogP contribution in [0.15, 0.2) is 29.2 Å². The van der Waals surface area contributed by atoms with Crippen LogP contribution >= 0.6 is 0 Å². The Balaban J connectivity index is 3.05. The van der Waals surface area contributed by atoms with Crippen molar-refractivity contribution in [3.63, 3.8) is 0 Å². The molecule has 0 spiro atoms. The Labute approximate surface area is 90.6 Å². The molecule has 0 saturated heterocycles. The van der Waals surface area contributed by atoms with Crippen molar-refractivity contribution < 1.29 is 8.42 Å². The lowest BCUT2D eigenvalue weighted by atomic mass is 10.3. The fourth-order valence-electron chi connectivity index (χ4n) is 1.14. The summed E-state index contributed by atoms with van der Waals surface area (Å²) in [4.78, 5) is 2.17. The Bertz CT molecular complexity index is 466. The zero-order valence-corrected chi connectivity index (χ0v) is 9.58. The summed E-state index contributed by atoms with van der Waals surface area (Å²) in [7, 11) is 0.480. The maximum absolute atomic E-state index is 11.6. The topological polar surface area (TPSA) is 37.4 Å². The predicted octanol–water partition coefficient (Wildman–Crippen LogP) is 1.16.